The van der Waals surface area contributed by atoms with Crippen molar-refractivity contribution in [3.05, 3.63) is 218 Å². The van der Waals surface area contributed by atoms with Crippen molar-refractivity contribution in [1.29, 1.82) is 0 Å². The molecule has 0 spiro atoms. The summed E-state index contributed by atoms with van der Waals surface area (Å²) in [6.45, 7) is 8.83. The average Bonchev–Trinajstić information content (AvgIpc) is 3.98. The monoisotopic (exact) mass is 781 g/mol. The lowest BCUT2D eigenvalue weighted by Gasteiger charge is -2.14. The number of aliphatic imine (C=N–C) groups is 2. The minimum Gasteiger partial charge on any atom is -0.456 e. The fraction of sp³-hybridized carbons (Fsp3) is 0. The number of furan rings is 2. The lowest BCUT2D eigenvalue weighted by Crippen LogP contribution is -2.07. The number of benzene rings is 9. The molecule has 0 bridgehead atoms. The van der Waals surface area contributed by atoms with E-state index < -0.39 is 0 Å². The van der Waals surface area contributed by atoms with Crippen molar-refractivity contribution >= 4 is 104 Å². The van der Waals surface area contributed by atoms with Crippen molar-refractivity contribution in [3.63, 3.8) is 0 Å². The highest BCUT2D eigenvalue weighted by molar-refractivity contribution is 6.23. The summed E-state index contributed by atoms with van der Waals surface area (Å²) < 4.78 is 15.3. The minimum atomic E-state index is 0.472. The summed E-state index contributed by atoms with van der Waals surface area (Å²) in [5.41, 5.74) is 10.2. The SMILES string of the molecule is C=CC(=NC(=NC(=C)c1ccc2oc3ccccc3c2c1)c1cc(-n2c3ccccc3c3cc4ccccc4cc32)c2c(c1)oc1ccccc12)c1cccc2ccccc12. The van der Waals surface area contributed by atoms with Crippen LogP contribution in [0.5, 0.6) is 0 Å². The van der Waals surface area contributed by atoms with Crippen LogP contribution >= 0.6 is 0 Å². The topological polar surface area (TPSA) is 55.9 Å². The van der Waals surface area contributed by atoms with Crippen molar-refractivity contribution in [1.82, 2.24) is 4.57 Å². The molecule has 0 atom stereocenters. The second-order valence-corrected chi connectivity index (χ2v) is 15.5. The zero-order chi connectivity index (χ0) is 40.6. The maximum atomic E-state index is 6.75. The molecule has 0 amide bonds. The Morgan fingerprint density at radius 2 is 1.10 bits per heavy atom. The standard InChI is InChI=1S/C56H35N3O2/c1-3-47(41-23-14-18-35-15-6-7-19-40(35)41)58-56(57-34(2)36-27-28-53-46(29-36)43-21-9-12-25-51(43)60-53)39-32-50(55-44-22-10-13-26-52(44)61-54(55)33-39)59-48-24-11-8-20-42(48)45-30-37-16-4-5-17-38(37)31-49(45)59/h3-33H,1-2H2. The van der Waals surface area contributed by atoms with Gasteiger partial charge in [0.05, 0.1) is 33.5 Å². The Morgan fingerprint density at radius 3 is 1.92 bits per heavy atom. The molecule has 0 aliphatic rings. The molecule has 0 aliphatic heterocycles. The van der Waals surface area contributed by atoms with Gasteiger partial charge in [-0.3, -0.25) is 0 Å². The first kappa shape index (κ1) is 34.7. The van der Waals surface area contributed by atoms with E-state index in [9.17, 15) is 0 Å². The van der Waals surface area contributed by atoms with Crippen LogP contribution in [0.3, 0.4) is 0 Å². The second kappa shape index (κ2) is 13.7. The molecule has 0 fully saturated rings. The number of hydrogen-bond acceptors (Lipinski definition) is 3. The third-order valence-corrected chi connectivity index (χ3v) is 11.9. The van der Waals surface area contributed by atoms with Gasteiger partial charge in [0, 0.05) is 43.6 Å². The molecule has 0 radical (unpaired) electrons. The predicted octanol–water partition coefficient (Wildman–Crippen LogP) is 15.0. The van der Waals surface area contributed by atoms with Gasteiger partial charge in [0.1, 0.15) is 22.3 Å². The number of amidine groups is 1. The van der Waals surface area contributed by atoms with Gasteiger partial charge in [0.2, 0.25) is 0 Å². The highest BCUT2D eigenvalue weighted by Crippen LogP contribution is 2.41. The van der Waals surface area contributed by atoms with Gasteiger partial charge < -0.3 is 13.4 Å². The molecule has 12 aromatic rings. The fourth-order valence-corrected chi connectivity index (χ4v) is 9.08. The molecule has 5 nitrogen and oxygen atoms in total. The molecule has 3 aromatic heterocycles. The van der Waals surface area contributed by atoms with Crippen molar-refractivity contribution in [2.75, 3.05) is 0 Å². The van der Waals surface area contributed by atoms with Crippen LogP contribution in [-0.4, -0.2) is 16.1 Å². The first-order valence-electron chi connectivity index (χ1n) is 20.4. The molecule has 0 N–H and O–H groups in total. The minimum absolute atomic E-state index is 0.472. The van der Waals surface area contributed by atoms with Gasteiger partial charge in [0.15, 0.2) is 5.84 Å². The van der Waals surface area contributed by atoms with Crippen LogP contribution in [-0.2, 0) is 0 Å². The lowest BCUT2D eigenvalue weighted by atomic mass is 10.0. The molecule has 0 saturated heterocycles. The highest BCUT2D eigenvalue weighted by atomic mass is 16.3. The summed E-state index contributed by atoms with van der Waals surface area (Å²) >= 11 is 0. The Hall–Kier alpha value is -8.28. The highest BCUT2D eigenvalue weighted by Gasteiger charge is 2.22. The van der Waals surface area contributed by atoms with Crippen LogP contribution in [0, 0.1) is 0 Å². The first-order valence-corrected chi connectivity index (χ1v) is 20.4. The zero-order valence-corrected chi connectivity index (χ0v) is 33.0. The van der Waals surface area contributed by atoms with E-state index in [1.807, 2.05) is 48.5 Å². The van der Waals surface area contributed by atoms with E-state index in [4.69, 9.17) is 18.8 Å². The second-order valence-electron chi connectivity index (χ2n) is 15.5. The van der Waals surface area contributed by atoms with Crippen LogP contribution in [0.15, 0.2) is 220 Å². The van der Waals surface area contributed by atoms with Crippen LogP contribution < -0.4 is 0 Å². The molecular weight excluding hydrogens is 747 g/mol. The van der Waals surface area contributed by atoms with Gasteiger partial charge in [-0.05, 0) is 88.3 Å². The third kappa shape index (κ3) is 5.55. The predicted molar refractivity (Wildman–Crippen MR) is 256 cm³/mol. The number of rotatable bonds is 6. The zero-order valence-electron chi connectivity index (χ0n) is 33.0. The van der Waals surface area contributed by atoms with Crippen LogP contribution in [0.2, 0.25) is 0 Å². The van der Waals surface area contributed by atoms with Gasteiger partial charge in [0.25, 0.3) is 0 Å². The number of hydrogen-bond donors (Lipinski definition) is 0. The molecule has 5 heteroatoms. The fourth-order valence-electron chi connectivity index (χ4n) is 9.08. The largest absolute Gasteiger partial charge is 0.456 e. The van der Waals surface area contributed by atoms with E-state index >= 15 is 0 Å². The van der Waals surface area contributed by atoms with E-state index in [-0.39, 0.29) is 0 Å². The van der Waals surface area contributed by atoms with E-state index in [0.717, 1.165) is 88.1 Å². The lowest BCUT2D eigenvalue weighted by molar-refractivity contribution is 0.668. The van der Waals surface area contributed by atoms with Gasteiger partial charge >= 0.3 is 0 Å². The molecule has 0 aliphatic carbocycles. The number of aromatic nitrogens is 1. The molecule has 286 valence electrons. The van der Waals surface area contributed by atoms with Crippen molar-refractivity contribution in [2.24, 2.45) is 9.98 Å². The van der Waals surface area contributed by atoms with Gasteiger partial charge in [-0.25, -0.2) is 9.98 Å². The number of para-hydroxylation sites is 3. The molecule has 12 rings (SSSR count). The molecule has 61 heavy (non-hydrogen) atoms. The quantitative estimate of drug-likeness (QED) is 0.125. The summed E-state index contributed by atoms with van der Waals surface area (Å²) in [4.78, 5) is 10.8. The molecule has 0 saturated carbocycles. The Bertz CT molecular complexity index is 3870. The normalized spacial score (nSPS) is 12.6. The Balaban J connectivity index is 1.15. The summed E-state index contributed by atoms with van der Waals surface area (Å²) in [5.74, 6) is 0.472. The maximum Gasteiger partial charge on any atom is 0.160 e. The molecule has 3 heterocycles. The van der Waals surface area contributed by atoms with Crippen LogP contribution in [0.4, 0.5) is 0 Å². The summed E-state index contributed by atoms with van der Waals surface area (Å²) in [6.07, 6.45) is 1.81. The Labute approximate surface area is 350 Å². The Morgan fingerprint density at radius 1 is 0.459 bits per heavy atom. The molecular formula is C56H35N3O2. The van der Waals surface area contributed by atoms with Gasteiger partial charge in [-0.2, -0.15) is 0 Å². The van der Waals surface area contributed by atoms with Crippen molar-refractivity contribution in [3.8, 4) is 5.69 Å². The summed E-state index contributed by atoms with van der Waals surface area (Å²) in [6, 6.07) is 63.0. The van der Waals surface area contributed by atoms with Gasteiger partial charge in [-0.1, -0.05) is 134 Å². The van der Waals surface area contributed by atoms with Crippen molar-refractivity contribution in [2.45, 2.75) is 0 Å². The van der Waals surface area contributed by atoms with Gasteiger partial charge in [-0.15, -0.1) is 0 Å². The average molecular weight is 782 g/mol. The van der Waals surface area contributed by atoms with Crippen LogP contribution in [0.1, 0.15) is 16.7 Å². The summed E-state index contributed by atoms with van der Waals surface area (Å²) in [7, 11) is 0. The van der Waals surface area contributed by atoms with E-state index in [0.29, 0.717) is 17.2 Å². The van der Waals surface area contributed by atoms with Crippen LogP contribution in [0.25, 0.3) is 98.6 Å². The number of allylic oxidation sites excluding steroid dienone is 1. The number of nitrogens with zero attached hydrogens (tertiary/aromatic N) is 3. The van der Waals surface area contributed by atoms with E-state index in [1.165, 1.54) is 21.5 Å². The Kier molecular flexibility index (Phi) is 7.77. The smallest absolute Gasteiger partial charge is 0.160 e. The summed E-state index contributed by atoms with van der Waals surface area (Å²) in [5, 5.41) is 11.0. The van der Waals surface area contributed by atoms with E-state index in [1.54, 1.807) is 0 Å². The maximum absolute atomic E-state index is 6.75. The molecule has 9 aromatic carbocycles. The van der Waals surface area contributed by atoms with Crippen molar-refractivity contribution < 1.29 is 8.83 Å². The van der Waals surface area contributed by atoms with E-state index in [2.05, 4.69) is 157 Å². The molecule has 0 unspecified atom stereocenters. The first-order chi connectivity index (χ1) is 30.1. The number of fused-ring (bicyclic) bond motifs is 11. The third-order valence-electron chi connectivity index (χ3n) is 11.9.